The highest BCUT2D eigenvalue weighted by Crippen LogP contribution is 2.29. The molecule has 0 aromatic heterocycles. The number of piperidine rings is 1. The molecule has 1 aliphatic heterocycles. The van der Waals surface area contributed by atoms with Gasteiger partial charge >= 0.3 is 0 Å². The van der Waals surface area contributed by atoms with Crippen molar-refractivity contribution in [3.63, 3.8) is 0 Å². The summed E-state index contributed by atoms with van der Waals surface area (Å²) >= 11 is 0. The maximum atomic E-state index is 2.52. The zero-order chi connectivity index (χ0) is 10.5. The number of nitrogens with zero attached hydrogens (tertiary/aromatic N) is 1. The summed E-state index contributed by atoms with van der Waals surface area (Å²) in [6.07, 6.45) is 14.8. The van der Waals surface area contributed by atoms with Gasteiger partial charge in [0.05, 0.1) is 0 Å². The minimum atomic E-state index is 0.878. The Kier molecular flexibility index (Phi) is 4.10. The van der Waals surface area contributed by atoms with E-state index in [1.165, 1.54) is 58.0 Å². The summed E-state index contributed by atoms with van der Waals surface area (Å²) in [7, 11) is 0. The molecule has 1 saturated carbocycles. The van der Waals surface area contributed by atoms with Crippen LogP contribution >= 0.6 is 0 Å². The Bertz CT molecular complexity index is 195. The van der Waals surface area contributed by atoms with Gasteiger partial charge in [0.25, 0.3) is 0 Å². The van der Waals surface area contributed by atoms with E-state index in [0.29, 0.717) is 0 Å². The van der Waals surface area contributed by atoms with Crippen molar-refractivity contribution in [2.75, 3.05) is 13.1 Å². The topological polar surface area (TPSA) is 3.24 Å². The normalized spacial score (nSPS) is 33.5. The Labute approximate surface area is 94.5 Å². The molecule has 0 spiro atoms. The number of hydrogen-bond donors (Lipinski definition) is 0. The fourth-order valence-electron chi connectivity index (χ4n) is 2.79. The number of likely N-dealkylation sites (tertiary alicyclic amines) is 1. The third kappa shape index (κ3) is 3.55. The van der Waals surface area contributed by atoms with Gasteiger partial charge in [0.15, 0.2) is 0 Å². The lowest BCUT2D eigenvalue weighted by Crippen LogP contribution is -2.24. The van der Waals surface area contributed by atoms with Crippen LogP contribution in [0, 0.1) is 11.8 Å². The SMILES string of the molecule is CC1CCC(/C=C/N2CCCCC2)CC1. The smallest absolute Gasteiger partial charge is 0.0172 e. The van der Waals surface area contributed by atoms with Crippen LogP contribution in [0.15, 0.2) is 12.3 Å². The molecule has 1 heterocycles. The van der Waals surface area contributed by atoms with E-state index in [0.717, 1.165) is 11.8 Å². The predicted octanol–water partition coefficient (Wildman–Crippen LogP) is 3.81. The quantitative estimate of drug-likeness (QED) is 0.665. The molecule has 1 aliphatic carbocycles. The van der Waals surface area contributed by atoms with E-state index < -0.39 is 0 Å². The Balaban J connectivity index is 1.73. The largest absolute Gasteiger partial charge is 0.378 e. The van der Waals surface area contributed by atoms with Gasteiger partial charge in [-0.15, -0.1) is 0 Å². The number of hydrogen-bond acceptors (Lipinski definition) is 1. The van der Waals surface area contributed by atoms with Gasteiger partial charge in [-0.3, -0.25) is 0 Å². The highest BCUT2D eigenvalue weighted by Gasteiger charge is 2.16. The summed E-state index contributed by atoms with van der Waals surface area (Å²) in [4.78, 5) is 2.52. The zero-order valence-electron chi connectivity index (χ0n) is 10.1. The van der Waals surface area contributed by atoms with Gasteiger partial charge in [-0.2, -0.15) is 0 Å². The highest BCUT2D eigenvalue weighted by molar-refractivity contribution is 4.91. The molecule has 0 atom stereocenters. The predicted molar refractivity (Wildman–Crippen MR) is 65.7 cm³/mol. The minimum Gasteiger partial charge on any atom is -0.378 e. The third-order valence-electron chi connectivity index (χ3n) is 4.02. The molecule has 1 nitrogen and oxygen atoms in total. The van der Waals surface area contributed by atoms with Crippen LogP contribution in [0.1, 0.15) is 51.9 Å². The van der Waals surface area contributed by atoms with Gasteiger partial charge < -0.3 is 4.90 Å². The first-order valence-electron chi connectivity index (χ1n) is 6.77. The average Bonchev–Trinajstić information content (AvgIpc) is 2.30. The molecule has 2 fully saturated rings. The van der Waals surface area contributed by atoms with Crippen LogP contribution in [0.4, 0.5) is 0 Å². The number of allylic oxidation sites excluding steroid dienone is 1. The van der Waals surface area contributed by atoms with Crippen LogP contribution in [0.25, 0.3) is 0 Å². The van der Waals surface area contributed by atoms with Crippen molar-refractivity contribution < 1.29 is 0 Å². The average molecular weight is 207 g/mol. The van der Waals surface area contributed by atoms with Crippen LogP contribution in [0.3, 0.4) is 0 Å². The van der Waals surface area contributed by atoms with Crippen molar-refractivity contribution >= 4 is 0 Å². The molecule has 1 heteroatoms. The molecule has 2 aliphatic rings. The van der Waals surface area contributed by atoms with Gasteiger partial charge in [-0.05, 0) is 50.1 Å². The molecule has 2 rings (SSSR count). The molecule has 0 aromatic rings. The molecule has 0 radical (unpaired) electrons. The maximum Gasteiger partial charge on any atom is 0.0172 e. The van der Waals surface area contributed by atoms with E-state index in [1.807, 2.05) is 0 Å². The van der Waals surface area contributed by atoms with Gasteiger partial charge in [-0.1, -0.05) is 25.8 Å². The molecular weight excluding hydrogens is 182 g/mol. The summed E-state index contributed by atoms with van der Waals surface area (Å²) in [6.45, 7) is 4.98. The van der Waals surface area contributed by atoms with Gasteiger partial charge in [0.1, 0.15) is 0 Å². The van der Waals surface area contributed by atoms with E-state index in [2.05, 4.69) is 24.1 Å². The summed E-state index contributed by atoms with van der Waals surface area (Å²) in [5.74, 6) is 1.85. The van der Waals surface area contributed by atoms with E-state index in [-0.39, 0.29) is 0 Å². The first-order chi connectivity index (χ1) is 7.34. The molecule has 15 heavy (non-hydrogen) atoms. The van der Waals surface area contributed by atoms with Gasteiger partial charge in [0, 0.05) is 13.1 Å². The maximum absolute atomic E-state index is 2.52. The fraction of sp³-hybridized carbons (Fsp3) is 0.857. The Hall–Kier alpha value is -0.460. The third-order valence-corrected chi connectivity index (χ3v) is 4.02. The monoisotopic (exact) mass is 207 g/mol. The fourth-order valence-corrected chi connectivity index (χ4v) is 2.79. The number of rotatable bonds is 2. The second-order valence-corrected chi connectivity index (χ2v) is 5.46. The standard InChI is InChI=1S/C14H25N/c1-13-5-7-14(8-6-13)9-12-15-10-3-2-4-11-15/h9,12-14H,2-8,10-11H2,1H3/b12-9+. The van der Waals surface area contributed by atoms with Crippen molar-refractivity contribution in [2.45, 2.75) is 51.9 Å². The van der Waals surface area contributed by atoms with E-state index in [9.17, 15) is 0 Å². The Morgan fingerprint density at radius 3 is 2.27 bits per heavy atom. The van der Waals surface area contributed by atoms with Crippen molar-refractivity contribution in [1.29, 1.82) is 0 Å². The lowest BCUT2D eigenvalue weighted by Gasteiger charge is -2.27. The van der Waals surface area contributed by atoms with Crippen LogP contribution in [0.2, 0.25) is 0 Å². The Morgan fingerprint density at radius 2 is 1.60 bits per heavy atom. The molecule has 1 saturated heterocycles. The molecule has 0 aromatic carbocycles. The molecule has 0 unspecified atom stereocenters. The lowest BCUT2D eigenvalue weighted by atomic mass is 9.83. The first kappa shape index (κ1) is 11.0. The molecule has 0 N–H and O–H groups in total. The van der Waals surface area contributed by atoms with Crippen LogP contribution in [0.5, 0.6) is 0 Å². The minimum absolute atomic E-state index is 0.878. The van der Waals surface area contributed by atoms with Crippen molar-refractivity contribution in [2.24, 2.45) is 11.8 Å². The van der Waals surface area contributed by atoms with Crippen molar-refractivity contribution in [3.8, 4) is 0 Å². The summed E-state index contributed by atoms with van der Waals surface area (Å²) in [5, 5.41) is 0. The van der Waals surface area contributed by atoms with E-state index >= 15 is 0 Å². The molecule has 0 amide bonds. The summed E-state index contributed by atoms with van der Waals surface area (Å²) in [6, 6.07) is 0. The summed E-state index contributed by atoms with van der Waals surface area (Å²) < 4.78 is 0. The van der Waals surface area contributed by atoms with Crippen molar-refractivity contribution in [1.82, 2.24) is 4.90 Å². The molecule has 0 bridgehead atoms. The zero-order valence-corrected chi connectivity index (χ0v) is 10.1. The molecule has 86 valence electrons. The van der Waals surface area contributed by atoms with Crippen LogP contribution < -0.4 is 0 Å². The second-order valence-electron chi connectivity index (χ2n) is 5.46. The lowest BCUT2D eigenvalue weighted by molar-refractivity contribution is 0.298. The van der Waals surface area contributed by atoms with E-state index in [4.69, 9.17) is 0 Å². The van der Waals surface area contributed by atoms with Gasteiger partial charge in [0.2, 0.25) is 0 Å². The van der Waals surface area contributed by atoms with Gasteiger partial charge in [-0.25, -0.2) is 0 Å². The highest BCUT2D eigenvalue weighted by atomic mass is 15.1. The first-order valence-corrected chi connectivity index (χ1v) is 6.77. The summed E-state index contributed by atoms with van der Waals surface area (Å²) in [5.41, 5.74) is 0. The van der Waals surface area contributed by atoms with Crippen LogP contribution in [-0.2, 0) is 0 Å². The Morgan fingerprint density at radius 1 is 0.933 bits per heavy atom. The van der Waals surface area contributed by atoms with Crippen LogP contribution in [-0.4, -0.2) is 18.0 Å². The van der Waals surface area contributed by atoms with E-state index in [1.54, 1.807) is 0 Å². The molecular formula is C14H25N. The second kappa shape index (κ2) is 5.58. The van der Waals surface area contributed by atoms with Crippen molar-refractivity contribution in [3.05, 3.63) is 12.3 Å².